The molecule has 2 fully saturated rings. The van der Waals surface area contributed by atoms with Crippen LogP contribution in [0.15, 0.2) is 24.2 Å². The van der Waals surface area contributed by atoms with Crippen molar-refractivity contribution in [3.8, 4) is 0 Å². The fourth-order valence-corrected chi connectivity index (χ4v) is 2.84. The summed E-state index contributed by atoms with van der Waals surface area (Å²) in [5.41, 5.74) is 0. The van der Waals surface area contributed by atoms with E-state index in [0.29, 0.717) is 19.3 Å². The molecule has 0 radical (unpaired) electrons. The normalized spacial score (nSPS) is 32.1. The molecule has 2 bridgehead atoms. The number of rotatable bonds is 4. The van der Waals surface area contributed by atoms with Crippen molar-refractivity contribution in [2.24, 2.45) is 11.8 Å². The van der Waals surface area contributed by atoms with Crippen LogP contribution in [0, 0.1) is 11.8 Å². The maximum absolute atomic E-state index is 12.8. The molecule has 2 nitrogen and oxygen atoms in total. The molecule has 4 atom stereocenters. The van der Waals surface area contributed by atoms with Gasteiger partial charge in [-0.15, -0.1) is 0 Å². The lowest BCUT2D eigenvalue weighted by Gasteiger charge is -2.29. The van der Waals surface area contributed by atoms with E-state index in [1.54, 1.807) is 0 Å². The van der Waals surface area contributed by atoms with E-state index in [9.17, 15) is 26.3 Å². The quantitative estimate of drug-likeness (QED) is 0.568. The molecule has 2 saturated carbocycles. The van der Waals surface area contributed by atoms with E-state index in [2.05, 4.69) is 9.47 Å². The first kappa shape index (κ1) is 14.1. The summed E-state index contributed by atoms with van der Waals surface area (Å²) < 4.78 is 82.3. The first-order chi connectivity index (χ1) is 8.90. The molecular weight excluding hydrogens is 278 g/mol. The third kappa shape index (κ3) is 2.82. The van der Waals surface area contributed by atoms with Crippen LogP contribution < -0.4 is 0 Å². The third-order valence-corrected chi connectivity index (χ3v) is 3.54. The van der Waals surface area contributed by atoms with Crippen molar-refractivity contribution in [3.05, 3.63) is 24.2 Å². The van der Waals surface area contributed by atoms with E-state index >= 15 is 0 Å². The molecule has 0 aromatic carbocycles. The highest BCUT2D eigenvalue weighted by molar-refractivity contribution is 5.02. The molecule has 108 valence electrons. The van der Waals surface area contributed by atoms with Gasteiger partial charge in [-0.05, 0) is 19.3 Å². The lowest BCUT2D eigenvalue weighted by Crippen LogP contribution is -2.36. The van der Waals surface area contributed by atoms with Gasteiger partial charge < -0.3 is 9.47 Å². The highest BCUT2D eigenvalue weighted by Gasteiger charge is 2.52. The van der Waals surface area contributed by atoms with E-state index in [1.807, 2.05) is 0 Å². The van der Waals surface area contributed by atoms with Crippen molar-refractivity contribution >= 4 is 0 Å². The van der Waals surface area contributed by atoms with Gasteiger partial charge in [-0.1, -0.05) is 0 Å². The number of hydrogen-bond acceptors (Lipinski definition) is 2. The van der Waals surface area contributed by atoms with Crippen LogP contribution in [0.25, 0.3) is 0 Å². The van der Waals surface area contributed by atoms with Gasteiger partial charge in [-0.3, -0.25) is 0 Å². The van der Waals surface area contributed by atoms with Crippen molar-refractivity contribution in [2.75, 3.05) is 0 Å². The molecule has 2 aliphatic carbocycles. The minimum Gasteiger partial charge on any atom is -0.459 e. The fourth-order valence-electron chi connectivity index (χ4n) is 2.84. The summed E-state index contributed by atoms with van der Waals surface area (Å²) >= 11 is 0. The zero-order chi connectivity index (χ0) is 14.2. The van der Waals surface area contributed by atoms with Crippen LogP contribution >= 0.6 is 0 Å². The van der Waals surface area contributed by atoms with E-state index in [0.717, 1.165) is 0 Å². The Kier molecular flexibility index (Phi) is 3.96. The van der Waals surface area contributed by atoms with Gasteiger partial charge in [0.15, 0.2) is 0 Å². The lowest BCUT2D eigenvalue weighted by atomic mass is 9.94. The molecule has 2 aliphatic rings. The van der Waals surface area contributed by atoms with Crippen molar-refractivity contribution < 1.29 is 35.8 Å². The van der Waals surface area contributed by atoms with Gasteiger partial charge in [0.2, 0.25) is 0 Å². The smallest absolute Gasteiger partial charge is 0.342 e. The number of hydrogen-bond donors (Lipinski definition) is 0. The molecule has 0 amide bonds. The first-order valence-electron chi connectivity index (χ1n) is 5.65. The van der Waals surface area contributed by atoms with Crippen LogP contribution in [0.1, 0.15) is 19.3 Å². The molecule has 2 rings (SSSR count). The van der Waals surface area contributed by atoms with Crippen LogP contribution in [0.3, 0.4) is 0 Å². The predicted octanol–water partition coefficient (Wildman–Crippen LogP) is 4.26. The highest BCUT2D eigenvalue weighted by atomic mass is 19.3. The molecule has 19 heavy (non-hydrogen) atoms. The molecular formula is C11H10F6O2. The highest BCUT2D eigenvalue weighted by Crippen LogP contribution is 2.49. The zero-order valence-electron chi connectivity index (χ0n) is 9.52. The van der Waals surface area contributed by atoms with Gasteiger partial charge in [0.25, 0.3) is 0 Å². The van der Waals surface area contributed by atoms with Crippen molar-refractivity contribution in [3.63, 3.8) is 0 Å². The molecule has 4 unspecified atom stereocenters. The Hall–Kier alpha value is -1.34. The van der Waals surface area contributed by atoms with Gasteiger partial charge in [0.05, 0.1) is 0 Å². The summed E-state index contributed by atoms with van der Waals surface area (Å²) in [6.07, 6.45) is -6.02. The van der Waals surface area contributed by atoms with E-state index < -0.39 is 36.4 Å². The van der Waals surface area contributed by atoms with E-state index in [4.69, 9.17) is 0 Å². The lowest BCUT2D eigenvalue weighted by molar-refractivity contribution is -0.0874. The van der Waals surface area contributed by atoms with Crippen LogP contribution in [0.2, 0.25) is 0 Å². The average Bonchev–Trinajstić information content (AvgIpc) is 2.91. The number of halogens is 6. The average molecular weight is 288 g/mol. The predicted molar refractivity (Wildman–Crippen MR) is 51.3 cm³/mol. The number of fused-ring (bicyclic) bond motifs is 2. The minimum atomic E-state index is -2.64. The van der Waals surface area contributed by atoms with Crippen LogP contribution in [0.4, 0.5) is 26.3 Å². The Morgan fingerprint density at radius 3 is 1.37 bits per heavy atom. The van der Waals surface area contributed by atoms with Gasteiger partial charge in [-0.25, -0.2) is 0 Å². The molecule has 0 N–H and O–H groups in total. The molecule has 0 saturated heterocycles. The third-order valence-electron chi connectivity index (χ3n) is 3.54. The molecule has 0 aliphatic heterocycles. The summed E-state index contributed by atoms with van der Waals surface area (Å²) in [7, 11) is 0. The van der Waals surface area contributed by atoms with Crippen LogP contribution in [-0.4, -0.2) is 12.2 Å². The number of ether oxygens (including phenoxy) is 2. The zero-order valence-corrected chi connectivity index (χ0v) is 9.52. The van der Waals surface area contributed by atoms with E-state index in [-0.39, 0.29) is 11.8 Å². The van der Waals surface area contributed by atoms with Gasteiger partial charge in [0.1, 0.15) is 12.2 Å². The second kappa shape index (κ2) is 5.34. The monoisotopic (exact) mass is 288 g/mol. The Bertz CT molecular complexity index is 375. The Balaban J connectivity index is 2.12. The summed E-state index contributed by atoms with van der Waals surface area (Å²) in [5.74, 6) is -0.592. The second-order valence-electron chi connectivity index (χ2n) is 4.57. The van der Waals surface area contributed by atoms with Crippen molar-refractivity contribution in [2.45, 2.75) is 31.5 Å². The largest absolute Gasteiger partial charge is 0.459 e. The van der Waals surface area contributed by atoms with Gasteiger partial charge >= 0.3 is 24.2 Å². The van der Waals surface area contributed by atoms with Gasteiger partial charge in [0, 0.05) is 11.8 Å². The maximum atomic E-state index is 12.8. The fraction of sp³-hybridized carbons (Fsp3) is 0.636. The standard InChI is InChI=1S/C11H10F6O2/c12-8(13)10(16)18-6-4-1-2-5(3-4)7(6)19-11(17)9(14)15/h4-7H,1-3H2. The maximum Gasteiger partial charge on any atom is 0.342 e. The van der Waals surface area contributed by atoms with Gasteiger partial charge in [-0.2, -0.15) is 26.3 Å². The summed E-state index contributed by atoms with van der Waals surface area (Å²) in [5, 5.41) is 0. The Labute approximate surface area is 104 Å². The van der Waals surface area contributed by atoms with Crippen LogP contribution in [-0.2, 0) is 9.47 Å². The minimum absolute atomic E-state index is 0.296. The Morgan fingerprint density at radius 2 is 1.05 bits per heavy atom. The molecule has 0 aromatic rings. The van der Waals surface area contributed by atoms with E-state index in [1.165, 1.54) is 0 Å². The SMILES string of the molecule is FC(F)=C(F)OC1C2CCC(C2)C1OC(F)=C(F)F. The van der Waals surface area contributed by atoms with Crippen LogP contribution in [0.5, 0.6) is 0 Å². The summed E-state index contributed by atoms with van der Waals surface area (Å²) in [4.78, 5) is 0. The first-order valence-corrected chi connectivity index (χ1v) is 5.65. The molecule has 0 spiro atoms. The van der Waals surface area contributed by atoms with Crippen molar-refractivity contribution in [1.82, 2.24) is 0 Å². The molecule has 0 aromatic heterocycles. The Morgan fingerprint density at radius 1 is 0.684 bits per heavy atom. The topological polar surface area (TPSA) is 18.5 Å². The van der Waals surface area contributed by atoms with Crippen molar-refractivity contribution in [1.29, 1.82) is 0 Å². The second-order valence-corrected chi connectivity index (χ2v) is 4.57. The summed E-state index contributed by atoms with van der Waals surface area (Å²) in [6.45, 7) is 0. The molecule has 8 heteroatoms. The summed E-state index contributed by atoms with van der Waals surface area (Å²) in [6, 6.07) is -4.15. The molecule has 0 heterocycles.